The number of benzene rings is 2. The first-order valence-corrected chi connectivity index (χ1v) is 11.9. The lowest BCUT2D eigenvalue weighted by Gasteiger charge is -2.08. The van der Waals surface area contributed by atoms with Crippen molar-refractivity contribution in [2.24, 2.45) is 0 Å². The van der Waals surface area contributed by atoms with Gasteiger partial charge in [0, 0.05) is 18.2 Å². The largest absolute Gasteiger partial charge is 0.478 e. The maximum absolute atomic E-state index is 13.0. The number of rotatable bonds is 7. The molecule has 0 aliphatic heterocycles. The second-order valence-electron chi connectivity index (χ2n) is 8.07. The Bertz CT molecular complexity index is 1500. The average Bonchev–Trinajstić information content (AvgIpc) is 3.28. The average molecular weight is 473 g/mol. The number of fused-ring (bicyclic) bond motifs is 1. The van der Waals surface area contributed by atoms with E-state index in [1.165, 1.54) is 38.0 Å². The fraction of sp³-hybridized carbons (Fsp3) is 0.222. The number of carboxylic acid groups (broad SMARTS) is 1. The molecule has 0 amide bonds. The monoisotopic (exact) mass is 472 g/mol. The van der Waals surface area contributed by atoms with Crippen molar-refractivity contribution < 1.29 is 9.90 Å². The van der Waals surface area contributed by atoms with Crippen LogP contribution in [-0.2, 0) is 13.0 Å². The third kappa shape index (κ3) is 5.19. The van der Waals surface area contributed by atoms with Gasteiger partial charge in [-0.3, -0.25) is 13.8 Å². The zero-order chi connectivity index (χ0) is 24.1. The number of nitrogens with zero attached hydrogens (tertiary/aromatic N) is 2. The molecule has 0 unspecified atom stereocenters. The second kappa shape index (κ2) is 10.4. The molecule has 0 saturated heterocycles. The lowest BCUT2D eigenvalue weighted by molar-refractivity contribution is 0.0697. The Morgan fingerprint density at radius 2 is 1.74 bits per heavy atom. The van der Waals surface area contributed by atoms with Gasteiger partial charge in [0.1, 0.15) is 4.83 Å². The minimum absolute atomic E-state index is 0.0691. The van der Waals surface area contributed by atoms with Crippen molar-refractivity contribution in [3.05, 3.63) is 109 Å². The molecule has 0 aliphatic carbocycles. The number of unbranched alkanes of at least 4 members (excludes halogenated alkanes) is 2. The topological polar surface area (TPSA) is 80.8 Å². The molecule has 2 aromatic carbocycles. The lowest BCUT2D eigenvalue weighted by atomic mass is 10.1. The fourth-order valence-electron chi connectivity index (χ4n) is 3.74. The minimum atomic E-state index is -1.02. The number of thiazole rings is 1. The maximum atomic E-state index is 13.0. The Kier molecular flexibility index (Phi) is 7.09. The van der Waals surface area contributed by atoms with Crippen LogP contribution in [0.1, 0.15) is 51.2 Å². The van der Waals surface area contributed by atoms with Gasteiger partial charge < -0.3 is 5.11 Å². The highest BCUT2D eigenvalue weighted by molar-refractivity contribution is 7.18. The molecule has 4 rings (SSSR count). The molecule has 1 N–H and O–H groups in total. The number of aromatic nitrogens is 2. The molecule has 6 nitrogen and oxygen atoms in total. The molecular weight excluding hydrogens is 448 g/mol. The molecule has 0 fully saturated rings. The summed E-state index contributed by atoms with van der Waals surface area (Å²) in [6.45, 7) is 1.78. The van der Waals surface area contributed by atoms with Crippen LogP contribution >= 0.6 is 11.3 Å². The van der Waals surface area contributed by atoms with Crippen molar-refractivity contribution in [2.75, 3.05) is 0 Å². The van der Waals surface area contributed by atoms with E-state index in [0.29, 0.717) is 16.0 Å². The molecule has 0 radical (unpaired) electrons. The summed E-state index contributed by atoms with van der Waals surface area (Å²) in [5, 5.41) is 9.04. The van der Waals surface area contributed by atoms with Crippen LogP contribution in [0, 0.1) is 18.8 Å². The van der Waals surface area contributed by atoms with Crippen LogP contribution in [0.2, 0.25) is 0 Å². The molecule has 7 heteroatoms. The first-order valence-electron chi connectivity index (χ1n) is 11.0. The van der Waals surface area contributed by atoms with E-state index in [4.69, 9.17) is 5.11 Å². The third-order valence-corrected chi connectivity index (χ3v) is 6.73. The summed E-state index contributed by atoms with van der Waals surface area (Å²) in [5.41, 5.74) is 1.86. The smallest absolute Gasteiger partial charge is 0.336 e. The molecule has 172 valence electrons. The molecular formula is C27H24N2O4S. The van der Waals surface area contributed by atoms with Crippen molar-refractivity contribution in [1.82, 2.24) is 8.97 Å². The third-order valence-electron chi connectivity index (χ3n) is 5.61. The summed E-state index contributed by atoms with van der Waals surface area (Å²) < 4.78 is 2.65. The van der Waals surface area contributed by atoms with Crippen LogP contribution in [0.4, 0.5) is 0 Å². The molecule has 2 aromatic heterocycles. The van der Waals surface area contributed by atoms with E-state index in [1.54, 1.807) is 25.3 Å². The van der Waals surface area contributed by atoms with Crippen LogP contribution in [0.3, 0.4) is 0 Å². The van der Waals surface area contributed by atoms with E-state index >= 15 is 0 Å². The number of carbonyl (C=O) groups is 1. The summed E-state index contributed by atoms with van der Waals surface area (Å²) in [6.07, 6.45) is 5.56. The predicted octanol–water partition coefficient (Wildman–Crippen LogP) is 4.34. The van der Waals surface area contributed by atoms with Crippen molar-refractivity contribution in [3.63, 3.8) is 0 Å². The second-order valence-corrected chi connectivity index (χ2v) is 9.10. The van der Waals surface area contributed by atoms with Crippen molar-refractivity contribution >= 4 is 22.1 Å². The van der Waals surface area contributed by atoms with Gasteiger partial charge in [0.05, 0.1) is 17.0 Å². The normalized spacial score (nSPS) is 10.7. The highest BCUT2D eigenvalue weighted by atomic mass is 32.1. The van der Waals surface area contributed by atoms with E-state index in [9.17, 15) is 14.4 Å². The molecule has 2 heterocycles. The molecule has 0 saturated carbocycles. The summed E-state index contributed by atoms with van der Waals surface area (Å²) in [4.78, 5) is 38.3. The predicted molar refractivity (Wildman–Crippen MR) is 134 cm³/mol. The number of aromatic carboxylic acids is 1. The van der Waals surface area contributed by atoms with Gasteiger partial charge in [-0.05, 0) is 49.4 Å². The maximum Gasteiger partial charge on any atom is 0.336 e. The Hall–Kier alpha value is -3.89. The molecule has 0 atom stereocenters. The number of hydrogen-bond acceptors (Lipinski definition) is 4. The van der Waals surface area contributed by atoms with Crippen LogP contribution < -0.4 is 11.2 Å². The van der Waals surface area contributed by atoms with Gasteiger partial charge in [0.25, 0.3) is 5.56 Å². The Morgan fingerprint density at radius 1 is 1.00 bits per heavy atom. The summed E-state index contributed by atoms with van der Waals surface area (Å²) in [7, 11) is 0. The summed E-state index contributed by atoms with van der Waals surface area (Å²) >= 11 is 1.34. The lowest BCUT2D eigenvalue weighted by Crippen LogP contribution is -2.38. The van der Waals surface area contributed by atoms with Crippen LogP contribution in [0.15, 0.2) is 70.4 Å². The number of aryl methyl sites for hydroxylation is 2. The fourth-order valence-corrected chi connectivity index (χ4v) is 4.69. The van der Waals surface area contributed by atoms with Gasteiger partial charge >= 0.3 is 11.7 Å². The Morgan fingerprint density at radius 3 is 2.44 bits per heavy atom. The molecule has 0 bridgehead atoms. The molecule has 0 spiro atoms. The minimum Gasteiger partial charge on any atom is -0.478 e. The van der Waals surface area contributed by atoms with Gasteiger partial charge in [0.2, 0.25) is 0 Å². The van der Waals surface area contributed by atoms with E-state index in [0.717, 1.165) is 30.6 Å². The Labute approximate surface area is 200 Å². The molecule has 4 aromatic rings. The van der Waals surface area contributed by atoms with Gasteiger partial charge in [-0.15, -0.1) is 11.3 Å². The van der Waals surface area contributed by atoms with Gasteiger partial charge in [-0.2, -0.15) is 0 Å². The van der Waals surface area contributed by atoms with Crippen molar-refractivity contribution in [3.8, 4) is 11.8 Å². The number of carboxylic acids is 1. The first-order chi connectivity index (χ1) is 16.4. The zero-order valence-corrected chi connectivity index (χ0v) is 19.6. The first kappa shape index (κ1) is 23.3. The Balaban J connectivity index is 1.49. The standard InChI is InChI=1S/C27H24N2O4S/c1-19-24(30)28(17-21-13-15-22(16-14-21)26(31)32)27(33)29-18-23(34-25(19)29)12-8-3-2-5-9-20-10-6-4-7-11-20/h4,6-7,10-11,13-16,18H,2-3,5,9,17H2,1H3,(H,31,32). The quantitative estimate of drug-likeness (QED) is 0.320. The number of hydrogen-bond donors (Lipinski definition) is 1. The van der Waals surface area contributed by atoms with Crippen molar-refractivity contribution in [2.45, 2.75) is 39.2 Å². The van der Waals surface area contributed by atoms with Gasteiger partial charge in [-0.1, -0.05) is 54.3 Å². The van der Waals surface area contributed by atoms with Crippen LogP contribution in [-0.4, -0.2) is 20.0 Å². The van der Waals surface area contributed by atoms with E-state index in [-0.39, 0.29) is 17.7 Å². The SMILES string of the molecule is Cc1c(=O)n(Cc2ccc(C(=O)O)cc2)c(=O)n2cc(C#CCCCCc3ccccc3)sc12. The van der Waals surface area contributed by atoms with Gasteiger partial charge in [0.15, 0.2) is 0 Å². The van der Waals surface area contributed by atoms with E-state index in [1.807, 2.05) is 18.2 Å². The van der Waals surface area contributed by atoms with Gasteiger partial charge in [-0.25, -0.2) is 9.59 Å². The summed E-state index contributed by atoms with van der Waals surface area (Å²) in [5.74, 6) is 5.29. The van der Waals surface area contributed by atoms with Crippen LogP contribution in [0.5, 0.6) is 0 Å². The molecule has 0 aliphatic rings. The highest BCUT2D eigenvalue weighted by Gasteiger charge is 2.14. The van der Waals surface area contributed by atoms with E-state index in [2.05, 4.69) is 24.0 Å². The molecule has 34 heavy (non-hydrogen) atoms. The van der Waals surface area contributed by atoms with E-state index < -0.39 is 11.7 Å². The summed E-state index contributed by atoms with van der Waals surface area (Å²) in [6, 6.07) is 16.5. The highest BCUT2D eigenvalue weighted by Crippen LogP contribution is 2.17. The van der Waals surface area contributed by atoms with Crippen LogP contribution in [0.25, 0.3) is 4.83 Å². The zero-order valence-electron chi connectivity index (χ0n) is 18.8. The van der Waals surface area contributed by atoms with Crippen molar-refractivity contribution in [1.29, 1.82) is 0 Å².